The fourth-order valence-electron chi connectivity index (χ4n) is 2.01. The van der Waals surface area contributed by atoms with Crippen LogP contribution in [0.15, 0.2) is 0 Å². The molecule has 0 aromatic carbocycles. The maximum atomic E-state index is 4.54. The molecule has 0 heterocycles. The predicted octanol–water partition coefficient (Wildman–Crippen LogP) is 11.2. The molecule has 0 aliphatic rings. The Hall–Kier alpha value is 1.06. The summed E-state index contributed by atoms with van der Waals surface area (Å²) >= 11 is 0. The molecule has 0 aromatic heterocycles. The predicted molar refractivity (Wildman–Crippen MR) is 195 cm³/mol. The molecule has 42 heavy (non-hydrogen) atoms. The summed E-state index contributed by atoms with van der Waals surface area (Å²) in [6, 6.07) is 0. The van der Waals surface area contributed by atoms with Crippen molar-refractivity contribution in [3.05, 3.63) is 42.5 Å². The van der Waals surface area contributed by atoms with Gasteiger partial charge in [-0.25, -0.2) is 0 Å². The Kier molecular flexibility index (Phi) is 85.7. The molecule has 0 unspecified atom stereocenters. The van der Waals surface area contributed by atoms with E-state index in [9.17, 15) is 0 Å². The minimum absolute atomic E-state index is 0. The van der Waals surface area contributed by atoms with Crippen molar-refractivity contribution < 1.29 is 42.1 Å². The number of hydrogen-bond donors (Lipinski definition) is 0. The number of hydrogen-bond acceptors (Lipinski definition) is 0. The van der Waals surface area contributed by atoms with Crippen LogP contribution in [-0.2, 0) is 42.1 Å². The summed E-state index contributed by atoms with van der Waals surface area (Å²) in [5.74, 6) is 0. The van der Waals surface area contributed by atoms with Crippen molar-refractivity contribution in [2.75, 3.05) is 82.6 Å². The van der Waals surface area contributed by atoms with Crippen LogP contribution in [0.1, 0.15) is 111 Å². The largest absolute Gasteiger partial charge is 4.00 e. The summed E-state index contributed by atoms with van der Waals surface area (Å²) in [4.78, 5) is 0. The monoisotopic (exact) mass is 772 g/mol. The Bertz CT molecular complexity index is 299. The van der Waals surface area contributed by atoms with Gasteiger partial charge < -0.3 is 42.5 Å². The summed E-state index contributed by atoms with van der Waals surface area (Å²) in [7, 11) is 14.2. The van der Waals surface area contributed by atoms with Crippen LogP contribution in [0.2, 0.25) is 0 Å². The van der Waals surface area contributed by atoms with Crippen LogP contribution in [0.5, 0.6) is 0 Å². The van der Waals surface area contributed by atoms with Gasteiger partial charge in [-0.1, -0.05) is 111 Å². The molecule has 0 atom stereocenters. The van der Waals surface area contributed by atoms with E-state index < -0.39 is 0 Å². The SMILES string of the molecule is CC(C)(C)[N-]C(C)(C)C.CC(C)(C)[N-]C(C)(C)C.CC[N-]C.CC[N-]C.CC[N-]C.CC[N-]C.C[N-]C.C[N-]C.[Mo+4].[Mo+4]. The van der Waals surface area contributed by atoms with Crippen LogP contribution in [0.25, 0.3) is 42.5 Å². The Balaban J connectivity index is -0.0000000361. The average Bonchev–Trinajstić information content (AvgIpc) is 2.76. The van der Waals surface area contributed by atoms with E-state index in [0.717, 1.165) is 26.2 Å². The smallest absolute Gasteiger partial charge is 0.668 e. The first kappa shape index (κ1) is 69.7. The van der Waals surface area contributed by atoms with Crippen molar-refractivity contribution in [3.8, 4) is 0 Å². The van der Waals surface area contributed by atoms with Crippen molar-refractivity contribution in [1.82, 2.24) is 0 Å². The Morgan fingerprint density at radius 1 is 0.310 bits per heavy atom. The van der Waals surface area contributed by atoms with Gasteiger partial charge in [0, 0.05) is 0 Å². The second-order valence-electron chi connectivity index (χ2n) is 12.3. The molecule has 0 aliphatic carbocycles. The minimum Gasteiger partial charge on any atom is -0.668 e. The van der Waals surface area contributed by atoms with Gasteiger partial charge in [-0.15, -0.1) is 22.2 Å². The third-order valence-electron chi connectivity index (χ3n) is 2.61. The summed E-state index contributed by atoms with van der Waals surface area (Å²) in [5.41, 5.74) is 0.438. The first-order valence-electron chi connectivity index (χ1n) is 14.6. The molecular weight excluding hydrogens is 688 g/mol. The minimum atomic E-state index is 0. The van der Waals surface area contributed by atoms with Crippen molar-refractivity contribution in [3.63, 3.8) is 0 Å². The molecule has 0 radical (unpaired) electrons. The summed E-state index contributed by atoms with van der Waals surface area (Å²) in [6.45, 7) is 37.3. The molecule has 0 spiro atoms. The molecule has 8 nitrogen and oxygen atoms in total. The third kappa shape index (κ3) is 226. The van der Waals surface area contributed by atoms with Crippen molar-refractivity contribution in [2.45, 2.75) is 133 Å². The average molecular weight is 769 g/mol. The van der Waals surface area contributed by atoms with Gasteiger partial charge in [0.1, 0.15) is 0 Å². The molecule has 0 aromatic rings. The van der Waals surface area contributed by atoms with Crippen molar-refractivity contribution in [2.24, 2.45) is 0 Å². The normalized spacial score (nSPS) is 9.71. The summed E-state index contributed by atoms with van der Waals surface area (Å²) in [5, 5.41) is 31.0. The van der Waals surface area contributed by atoms with E-state index in [1.54, 1.807) is 56.4 Å². The summed E-state index contributed by atoms with van der Waals surface area (Å²) < 4.78 is 0. The van der Waals surface area contributed by atoms with Crippen molar-refractivity contribution in [1.29, 1.82) is 0 Å². The van der Waals surface area contributed by atoms with Gasteiger partial charge in [-0.3, -0.25) is 0 Å². The van der Waals surface area contributed by atoms with Crippen LogP contribution in [0.4, 0.5) is 0 Å². The molecule has 0 aliphatic heterocycles. The molecular formula is C32H80Mo2N8. The first-order chi connectivity index (χ1) is 17.9. The second kappa shape index (κ2) is 51.6. The van der Waals surface area contributed by atoms with E-state index in [0.29, 0.717) is 0 Å². The molecule has 0 N–H and O–H groups in total. The van der Waals surface area contributed by atoms with Crippen LogP contribution < -0.4 is 0 Å². The van der Waals surface area contributed by atoms with Crippen LogP contribution in [-0.4, -0.2) is 105 Å². The van der Waals surface area contributed by atoms with Gasteiger partial charge >= 0.3 is 42.1 Å². The fourth-order valence-corrected chi connectivity index (χ4v) is 2.01. The van der Waals surface area contributed by atoms with Gasteiger partial charge in [0.15, 0.2) is 0 Å². The van der Waals surface area contributed by atoms with Crippen LogP contribution in [0.3, 0.4) is 0 Å². The molecule has 0 bridgehead atoms. The van der Waals surface area contributed by atoms with Gasteiger partial charge in [-0.2, -0.15) is 82.6 Å². The van der Waals surface area contributed by atoms with E-state index in [4.69, 9.17) is 0 Å². The van der Waals surface area contributed by atoms with E-state index >= 15 is 0 Å². The zero-order valence-corrected chi connectivity index (χ0v) is 37.2. The number of rotatable bonds is 4. The third-order valence-corrected chi connectivity index (χ3v) is 2.61. The van der Waals surface area contributed by atoms with E-state index in [2.05, 4.69) is 126 Å². The Morgan fingerprint density at radius 3 is 0.381 bits per heavy atom. The molecule has 0 saturated carbocycles. The Labute approximate surface area is 298 Å². The molecule has 0 saturated heterocycles. The molecule has 0 rings (SSSR count). The van der Waals surface area contributed by atoms with E-state index in [1.165, 1.54) is 0 Å². The molecule has 0 fully saturated rings. The van der Waals surface area contributed by atoms with Gasteiger partial charge in [0.05, 0.1) is 0 Å². The van der Waals surface area contributed by atoms with Gasteiger partial charge in [0.25, 0.3) is 0 Å². The fraction of sp³-hybridized carbons (Fsp3) is 1.00. The zero-order valence-electron chi connectivity index (χ0n) is 33.2. The van der Waals surface area contributed by atoms with Crippen LogP contribution >= 0.6 is 0 Å². The quantitative estimate of drug-likeness (QED) is 0.254. The van der Waals surface area contributed by atoms with Gasteiger partial charge in [-0.05, 0) is 0 Å². The second-order valence-corrected chi connectivity index (χ2v) is 12.3. The van der Waals surface area contributed by atoms with E-state index in [1.807, 2.05) is 27.7 Å². The maximum absolute atomic E-state index is 4.54. The Morgan fingerprint density at radius 2 is 0.381 bits per heavy atom. The van der Waals surface area contributed by atoms with Crippen molar-refractivity contribution >= 4 is 0 Å². The number of nitrogens with zero attached hydrogens (tertiary/aromatic N) is 8. The van der Waals surface area contributed by atoms with Gasteiger partial charge in [0.2, 0.25) is 0 Å². The maximum Gasteiger partial charge on any atom is 4.00 e. The standard InChI is InChI=1S/2C8H18N.4C3H8N.2C2H6N.2Mo/c2*1-7(2,3)9-8(4,5)6;4*1-3-4-2;2*1-3-2;;/h2*1-6H3;4*3H2,1-2H3;2*1-2H3;;/q8*-1;2*+4. The summed E-state index contributed by atoms with van der Waals surface area (Å²) in [6.07, 6.45) is 0. The van der Waals surface area contributed by atoms with Crippen LogP contribution in [0, 0.1) is 0 Å². The van der Waals surface area contributed by atoms with E-state index in [-0.39, 0.29) is 64.3 Å². The topological polar surface area (TPSA) is 113 Å². The molecule has 260 valence electrons. The zero-order chi connectivity index (χ0) is 34.5. The molecule has 10 heteroatoms. The first-order valence-corrected chi connectivity index (χ1v) is 14.6. The molecule has 0 amide bonds.